The molecule has 90 valence electrons. The summed E-state index contributed by atoms with van der Waals surface area (Å²) in [5.74, 6) is 0. The summed E-state index contributed by atoms with van der Waals surface area (Å²) in [6.45, 7) is 3.15. The van der Waals surface area contributed by atoms with E-state index in [2.05, 4.69) is 0 Å². The van der Waals surface area contributed by atoms with E-state index < -0.39 is 0 Å². The van der Waals surface area contributed by atoms with Gasteiger partial charge in [0.1, 0.15) is 6.29 Å². The van der Waals surface area contributed by atoms with E-state index in [0.717, 1.165) is 24.0 Å². The van der Waals surface area contributed by atoms with Gasteiger partial charge in [-0.25, -0.2) is 0 Å². The Bertz CT molecular complexity index is 459. The predicted molar refractivity (Wildman–Crippen MR) is 62.7 cm³/mol. The number of nitrogens with zero attached hydrogens (tertiary/aromatic N) is 2. The number of rotatable bonds is 3. The van der Waals surface area contributed by atoms with Crippen LogP contribution in [0.25, 0.3) is 0 Å². The highest BCUT2D eigenvalue weighted by Crippen LogP contribution is 2.29. The summed E-state index contributed by atoms with van der Waals surface area (Å²) in [6, 6.07) is 4.91. The summed E-state index contributed by atoms with van der Waals surface area (Å²) < 4.78 is 0. The zero-order valence-corrected chi connectivity index (χ0v) is 9.63. The predicted octanol–water partition coefficient (Wildman–Crippen LogP) is 1.54. The van der Waals surface area contributed by atoms with E-state index in [-0.39, 0.29) is 16.7 Å². The molecule has 17 heavy (non-hydrogen) atoms. The van der Waals surface area contributed by atoms with Crippen molar-refractivity contribution in [1.82, 2.24) is 4.90 Å². The zero-order chi connectivity index (χ0) is 12.4. The summed E-state index contributed by atoms with van der Waals surface area (Å²) in [6.07, 6.45) is 1.49. The van der Waals surface area contributed by atoms with Crippen LogP contribution in [-0.2, 0) is 17.8 Å². The number of carbonyl (C=O) groups excluding carboxylic acids is 1. The molecule has 2 rings (SSSR count). The van der Waals surface area contributed by atoms with Gasteiger partial charge in [0.05, 0.1) is 11.0 Å². The third-order valence-electron chi connectivity index (χ3n) is 3.27. The maximum absolute atomic E-state index is 11.0. The molecule has 1 aromatic carbocycles. The molecule has 0 N–H and O–H groups in total. The number of benzene rings is 1. The lowest BCUT2D eigenvalue weighted by Gasteiger charge is -2.32. The summed E-state index contributed by atoms with van der Waals surface area (Å²) >= 11 is 0. The lowest BCUT2D eigenvalue weighted by atomic mass is 9.93. The number of likely N-dealkylation sites (N-methyl/N-ethyl adjacent to an activating group) is 1. The molecule has 0 amide bonds. The fourth-order valence-corrected chi connectivity index (χ4v) is 2.32. The average Bonchev–Trinajstić information content (AvgIpc) is 2.35. The number of nitro benzene ring substituents is 1. The lowest BCUT2D eigenvalue weighted by molar-refractivity contribution is -0.385. The topological polar surface area (TPSA) is 63.4 Å². The van der Waals surface area contributed by atoms with Gasteiger partial charge in [0.2, 0.25) is 0 Å². The van der Waals surface area contributed by atoms with E-state index in [0.29, 0.717) is 13.0 Å². The molecule has 0 saturated heterocycles. The standard InChI is InChI=1S/C12H14N2O3/c1-2-13-7-11-9(6-10(13)8-15)4-3-5-12(11)14(16)17/h3-5,8,10H,2,6-7H2,1H3. The molecule has 5 heteroatoms. The van der Waals surface area contributed by atoms with Gasteiger partial charge >= 0.3 is 0 Å². The van der Waals surface area contributed by atoms with Crippen LogP contribution in [0.15, 0.2) is 18.2 Å². The number of hydrogen-bond donors (Lipinski definition) is 0. The molecule has 0 radical (unpaired) electrons. The molecule has 1 aliphatic rings. The molecule has 0 fully saturated rings. The molecular weight excluding hydrogens is 220 g/mol. The van der Waals surface area contributed by atoms with Gasteiger partial charge in [0.25, 0.3) is 5.69 Å². The van der Waals surface area contributed by atoms with E-state index in [9.17, 15) is 14.9 Å². The second kappa shape index (κ2) is 4.63. The molecular formula is C12H14N2O3. The molecule has 1 aliphatic heterocycles. The van der Waals surface area contributed by atoms with Crippen molar-refractivity contribution >= 4 is 12.0 Å². The van der Waals surface area contributed by atoms with Crippen LogP contribution in [0, 0.1) is 10.1 Å². The van der Waals surface area contributed by atoms with Crippen molar-refractivity contribution in [1.29, 1.82) is 0 Å². The second-order valence-corrected chi connectivity index (χ2v) is 4.14. The monoisotopic (exact) mass is 234 g/mol. The van der Waals surface area contributed by atoms with Gasteiger partial charge < -0.3 is 4.79 Å². The number of fused-ring (bicyclic) bond motifs is 1. The van der Waals surface area contributed by atoms with Crippen molar-refractivity contribution in [2.45, 2.75) is 25.9 Å². The van der Waals surface area contributed by atoms with Crippen LogP contribution in [0.4, 0.5) is 5.69 Å². The van der Waals surface area contributed by atoms with E-state index in [1.807, 2.05) is 17.9 Å². The van der Waals surface area contributed by atoms with Gasteiger partial charge in [-0.2, -0.15) is 0 Å². The molecule has 0 spiro atoms. The van der Waals surface area contributed by atoms with Crippen molar-refractivity contribution in [3.63, 3.8) is 0 Å². The Morgan fingerprint density at radius 1 is 1.59 bits per heavy atom. The third kappa shape index (κ3) is 2.06. The summed E-state index contributed by atoms with van der Waals surface area (Å²) in [5, 5.41) is 10.9. The van der Waals surface area contributed by atoms with Crippen LogP contribution < -0.4 is 0 Å². The van der Waals surface area contributed by atoms with E-state index >= 15 is 0 Å². The van der Waals surface area contributed by atoms with E-state index in [1.54, 1.807) is 6.07 Å². The van der Waals surface area contributed by atoms with Crippen molar-refractivity contribution in [3.05, 3.63) is 39.4 Å². The molecule has 0 aromatic heterocycles. The average molecular weight is 234 g/mol. The first-order valence-corrected chi connectivity index (χ1v) is 5.61. The van der Waals surface area contributed by atoms with Crippen molar-refractivity contribution in [3.8, 4) is 0 Å². The minimum atomic E-state index is -0.353. The molecule has 0 saturated carbocycles. The normalized spacial score (nSPS) is 19.7. The van der Waals surface area contributed by atoms with Crippen LogP contribution in [0.2, 0.25) is 0 Å². The maximum atomic E-state index is 11.0. The molecule has 1 atom stereocenters. The van der Waals surface area contributed by atoms with Crippen LogP contribution >= 0.6 is 0 Å². The lowest BCUT2D eigenvalue weighted by Crippen LogP contribution is -2.41. The Kier molecular flexibility index (Phi) is 3.19. The molecule has 0 aliphatic carbocycles. The molecule has 0 bridgehead atoms. The van der Waals surface area contributed by atoms with Crippen molar-refractivity contribution in [2.75, 3.05) is 6.54 Å². The van der Waals surface area contributed by atoms with Gasteiger partial charge in [0.15, 0.2) is 0 Å². The number of aldehydes is 1. The quantitative estimate of drug-likeness (QED) is 0.452. The Hall–Kier alpha value is -1.75. The molecule has 1 aromatic rings. The molecule has 5 nitrogen and oxygen atoms in total. The van der Waals surface area contributed by atoms with Crippen molar-refractivity contribution < 1.29 is 9.72 Å². The third-order valence-corrected chi connectivity index (χ3v) is 3.27. The van der Waals surface area contributed by atoms with Crippen molar-refractivity contribution in [2.24, 2.45) is 0 Å². The highest BCUT2D eigenvalue weighted by molar-refractivity contribution is 5.61. The molecule has 1 unspecified atom stereocenters. The Labute approximate surface area is 99.2 Å². The largest absolute Gasteiger partial charge is 0.302 e. The number of nitro groups is 1. The van der Waals surface area contributed by atoms with Gasteiger partial charge in [0, 0.05) is 18.2 Å². The Morgan fingerprint density at radius 2 is 2.35 bits per heavy atom. The first kappa shape index (κ1) is 11.7. The minimum Gasteiger partial charge on any atom is -0.302 e. The fraction of sp³-hybridized carbons (Fsp3) is 0.417. The maximum Gasteiger partial charge on any atom is 0.274 e. The summed E-state index contributed by atoms with van der Waals surface area (Å²) in [5.41, 5.74) is 1.82. The number of hydrogen-bond acceptors (Lipinski definition) is 4. The van der Waals surface area contributed by atoms with Gasteiger partial charge in [-0.3, -0.25) is 15.0 Å². The van der Waals surface area contributed by atoms with Gasteiger partial charge in [-0.05, 0) is 18.5 Å². The summed E-state index contributed by atoms with van der Waals surface area (Å²) in [4.78, 5) is 23.5. The second-order valence-electron chi connectivity index (χ2n) is 4.14. The van der Waals surface area contributed by atoms with Crippen LogP contribution in [-0.4, -0.2) is 28.7 Å². The minimum absolute atomic E-state index is 0.158. The molecule has 1 heterocycles. The highest BCUT2D eigenvalue weighted by Gasteiger charge is 2.29. The zero-order valence-electron chi connectivity index (χ0n) is 9.63. The first-order chi connectivity index (χ1) is 8.17. The summed E-state index contributed by atoms with van der Waals surface area (Å²) in [7, 11) is 0. The van der Waals surface area contributed by atoms with E-state index in [4.69, 9.17) is 0 Å². The van der Waals surface area contributed by atoms with Crippen LogP contribution in [0.1, 0.15) is 18.1 Å². The fourth-order valence-electron chi connectivity index (χ4n) is 2.32. The highest BCUT2D eigenvalue weighted by atomic mass is 16.6. The van der Waals surface area contributed by atoms with Crippen LogP contribution in [0.5, 0.6) is 0 Å². The Morgan fingerprint density at radius 3 is 2.94 bits per heavy atom. The first-order valence-electron chi connectivity index (χ1n) is 5.61. The van der Waals surface area contributed by atoms with Gasteiger partial charge in [-0.15, -0.1) is 0 Å². The SMILES string of the molecule is CCN1Cc2c(cccc2[N+](=O)[O-])CC1C=O. The van der Waals surface area contributed by atoms with Crippen LogP contribution in [0.3, 0.4) is 0 Å². The number of carbonyl (C=O) groups is 1. The smallest absolute Gasteiger partial charge is 0.274 e. The Balaban J connectivity index is 2.44. The van der Waals surface area contributed by atoms with E-state index in [1.165, 1.54) is 6.07 Å². The van der Waals surface area contributed by atoms with Gasteiger partial charge in [-0.1, -0.05) is 19.1 Å².